The van der Waals surface area contributed by atoms with Gasteiger partial charge in [-0.25, -0.2) is 14.4 Å². The minimum atomic E-state index is -0.423. The number of nitrogens with zero attached hydrogens (tertiary/aromatic N) is 2. The number of benzene rings is 1. The van der Waals surface area contributed by atoms with Gasteiger partial charge in [0.2, 0.25) is 0 Å². The third-order valence-corrected chi connectivity index (χ3v) is 4.11. The minimum Gasteiger partial charge on any atom is -0.494 e. The van der Waals surface area contributed by atoms with E-state index in [0.29, 0.717) is 21.0 Å². The maximum atomic E-state index is 13.4. The highest BCUT2D eigenvalue weighted by molar-refractivity contribution is 9.10. The van der Waals surface area contributed by atoms with Gasteiger partial charge >= 0.3 is 0 Å². The van der Waals surface area contributed by atoms with Gasteiger partial charge in [-0.15, -0.1) is 0 Å². The zero-order chi connectivity index (χ0) is 14.7. The molecule has 1 aromatic carbocycles. The summed E-state index contributed by atoms with van der Waals surface area (Å²) in [5.74, 6) is 0.190. The molecule has 0 aliphatic heterocycles. The Hall–Kier alpha value is -1.20. The fraction of sp³-hybridized carbons (Fsp3) is 0.286. The third kappa shape index (κ3) is 3.10. The van der Waals surface area contributed by atoms with Crippen LogP contribution in [0.5, 0.6) is 5.75 Å². The molecule has 1 aromatic heterocycles. The number of rotatable bonds is 4. The Labute approximate surface area is 130 Å². The van der Waals surface area contributed by atoms with E-state index in [1.54, 1.807) is 12.1 Å². The van der Waals surface area contributed by atoms with Gasteiger partial charge in [-0.3, -0.25) is 0 Å². The molecule has 1 heterocycles. The highest BCUT2D eigenvalue weighted by Gasteiger charge is 2.13. The zero-order valence-corrected chi connectivity index (χ0v) is 13.4. The second kappa shape index (κ2) is 6.50. The number of aromatic nitrogens is 2. The molecule has 0 spiro atoms. The molecule has 0 fully saturated rings. The largest absolute Gasteiger partial charge is 0.494 e. The second-order valence-corrected chi connectivity index (χ2v) is 5.35. The number of ether oxygens (including phenoxy) is 1. The quantitative estimate of drug-likeness (QED) is 0.745. The number of methoxy groups -OCH3 is 1. The molecule has 0 saturated carbocycles. The average molecular weight is 360 g/mol. The van der Waals surface area contributed by atoms with Crippen LogP contribution in [0.25, 0.3) is 11.4 Å². The standard InChI is InChI=1S/C14H13BrClFN2O/c1-3-4-10-12(15)13(16)19-14(18-10)8-5-6-9(17)11(7-8)20-2/h5-7H,3-4H2,1-2H3. The summed E-state index contributed by atoms with van der Waals surface area (Å²) in [5, 5.41) is 0.349. The number of aryl methyl sites for hydroxylation is 1. The van der Waals surface area contributed by atoms with Crippen molar-refractivity contribution in [3.8, 4) is 17.1 Å². The summed E-state index contributed by atoms with van der Waals surface area (Å²) < 4.78 is 19.1. The van der Waals surface area contributed by atoms with Crippen LogP contribution < -0.4 is 4.74 Å². The molecule has 0 amide bonds. The fourth-order valence-electron chi connectivity index (χ4n) is 1.79. The van der Waals surface area contributed by atoms with Gasteiger partial charge in [0.05, 0.1) is 17.3 Å². The lowest BCUT2D eigenvalue weighted by atomic mass is 10.2. The van der Waals surface area contributed by atoms with Gasteiger partial charge in [-0.1, -0.05) is 24.9 Å². The Balaban J connectivity index is 2.52. The first-order chi connectivity index (χ1) is 9.56. The van der Waals surface area contributed by atoms with Crippen LogP contribution >= 0.6 is 27.5 Å². The smallest absolute Gasteiger partial charge is 0.165 e. The minimum absolute atomic E-state index is 0.155. The van der Waals surface area contributed by atoms with Crippen molar-refractivity contribution in [3.05, 3.63) is 39.3 Å². The van der Waals surface area contributed by atoms with E-state index in [9.17, 15) is 4.39 Å². The summed E-state index contributed by atoms with van der Waals surface area (Å²) in [6.45, 7) is 2.06. The van der Waals surface area contributed by atoms with Gasteiger partial charge in [0.25, 0.3) is 0 Å². The van der Waals surface area contributed by atoms with Crippen molar-refractivity contribution in [2.24, 2.45) is 0 Å². The molecular weight excluding hydrogens is 347 g/mol. The van der Waals surface area contributed by atoms with Gasteiger partial charge in [-0.2, -0.15) is 0 Å². The Kier molecular flexibility index (Phi) is 4.94. The van der Waals surface area contributed by atoms with Crippen molar-refractivity contribution in [2.45, 2.75) is 19.8 Å². The molecule has 0 N–H and O–H groups in total. The van der Waals surface area contributed by atoms with Crippen molar-refractivity contribution >= 4 is 27.5 Å². The summed E-state index contributed by atoms with van der Waals surface area (Å²) >= 11 is 9.49. The molecule has 6 heteroatoms. The molecule has 0 atom stereocenters. The van der Waals surface area contributed by atoms with Gasteiger partial charge in [0, 0.05) is 5.56 Å². The molecule has 0 radical (unpaired) electrons. The summed E-state index contributed by atoms with van der Waals surface area (Å²) in [5.41, 5.74) is 1.50. The van der Waals surface area contributed by atoms with Crippen LogP contribution in [0.3, 0.4) is 0 Å². The molecule has 0 unspecified atom stereocenters. The molecule has 3 nitrogen and oxygen atoms in total. The van der Waals surface area contributed by atoms with Crippen LogP contribution in [-0.2, 0) is 6.42 Å². The molecular formula is C14H13BrClFN2O. The van der Waals surface area contributed by atoms with E-state index in [0.717, 1.165) is 18.5 Å². The summed E-state index contributed by atoms with van der Waals surface area (Å²) in [6, 6.07) is 4.49. The third-order valence-electron chi connectivity index (χ3n) is 2.78. The van der Waals surface area contributed by atoms with Crippen LogP contribution in [0.15, 0.2) is 22.7 Å². The lowest BCUT2D eigenvalue weighted by Gasteiger charge is -2.09. The Morgan fingerprint density at radius 2 is 2.10 bits per heavy atom. The van der Waals surface area contributed by atoms with Crippen molar-refractivity contribution in [3.63, 3.8) is 0 Å². The Morgan fingerprint density at radius 1 is 1.35 bits per heavy atom. The lowest BCUT2D eigenvalue weighted by Crippen LogP contribution is -1.99. The van der Waals surface area contributed by atoms with Crippen molar-refractivity contribution in [1.82, 2.24) is 9.97 Å². The summed E-state index contributed by atoms with van der Waals surface area (Å²) in [4.78, 5) is 8.70. The van der Waals surface area contributed by atoms with Crippen molar-refractivity contribution in [2.75, 3.05) is 7.11 Å². The van der Waals surface area contributed by atoms with Crippen LogP contribution in [0.4, 0.5) is 4.39 Å². The average Bonchev–Trinajstić information content (AvgIpc) is 2.44. The van der Waals surface area contributed by atoms with Crippen LogP contribution in [0.2, 0.25) is 5.15 Å². The van der Waals surface area contributed by atoms with E-state index in [2.05, 4.69) is 32.8 Å². The monoisotopic (exact) mass is 358 g/mol. The van der Waals surface area contributed by atoms with Crippen molar-refractivity contribution < 1.29 is 9.13 Å². The zero-order valence-electron chi connectivity index (χ0n) is 11.1. The highest BCUT2D eigenvalue weighted by atomic mass is 79.9. The van der Waals surface area contributed by atoms with Gasteiger partial charge in [0.1, 0.15) is 5.15 Å². The molecule has 0 bridgehead atoms. The molecule has 0 saturated heterocycles. The van der Waals surface area contributed by atoms with Crippen molar-refractivity contribution in [1.29, 1.82) is 0 Å². The maximum Gasteiger partial charge on any atom is 0.165 e. The Bertz CT molecular complexity index is 637. The van der Waals surface area contributed by atoms with Gasteiger partial charge in [-0.05, 0) is 40.5 Å². The first-order valence-corrected chi connectivity index (χ1v) is 7.29. The first kappa shape index (κ1) is 15.2. The molecule has 2 rings (SSSR count). The van der Waals surface area contributed by atoms with Gasteiger partial charge < -0.3 is 4.74 Å². The van der Waals surface area contributed by atoms with E-state index >= 15 is 0 Å². The summed E-state index contributed by atoms with van der Waals surface area (Å²) in [6.07, 6.45) is 1.73. The molecule has 0 aliphatic rings. The van der Waals surface area contributed by atoms with Crippen LogP contribution in [-0.4, -0.2) is 17.1 Å². The Morgan fingerprint density at radius 3 is 2.75 bits per heavy atom. The second-order valence-electron chi connectivity index (χ2n) is 4.20. The number of hydrogen-bond acceptors (Lipinski definition) is 3. The predicted molar refractivity (Wildman–Crippen MR) is 80.7 cm³/mol. The number of halogens is 3. The van der Waals surface area contributed by atoms with E-state index < -0.39 is 5.82 Å². The fourth-order valence-corrected chi connectivity index (χ4v) is 2.36. The first-order valence-electron chi connectivity index (χ1n) is 6.12. The van der Waals surface area contributed by atoms with E-state index in [1.165, 1.54) is 13.2 Å². The molecule has 0 aliphatic carbocycles. The van der Waals surface area contributed by atoms with Crippen LogP contribution in [0, 0.1) is 5.82 Å². The van der Waals surface area contributed by atoms with E-state index in [4.69, 9.17) is 16.3 Å². The molecule has 2 aromatic rings. The van der Waals surface area contributed by atoms with E-state index in [-0.39, 0.29) is 5.75 Å². The number of hydrogen-bond donors (Lipinski definition) is 0. The molecule has 20 heavy (non-hydrogen) atoms. The summed E-state index contributed by atoms with van der Waals surface area (Å²) in [7, 11) is 1.42. The predicted octanol–water partition coefficient (Wildman–Crippen LogP) is 4.66. The maximum absolute atomic E-state index is 13.4. The normalized spacial score (nSPS) is 10.7. The van der Waals surface area contributed by atoms with Gasteiger partial charge in [0.15, 0.2) is 17.4 Å². The lowest BCUT2D eigenvalue weighted by molar-refractivity contribution is 0.386. The SMILES string of the molecule is CCCc1nc(-c2ccc(F)c(OC)c2)nc(Cl)c1Br. The van der Waals surface area contributed by atoms with E-state index in [1.807, 2.05) is 0 Å². The van der Waals surface area contributed by atoms with Crippen LogP contribution in [0.1, 0.15) is 19.0 Å². The highest BCUT2D eigenvalue weighted by Crippen LogP contribution is 2.29. The topological polar surface area (TPSA) is 35.0 Å². The molecule has 106 valence electrons.